The first-order chi connectivity index (χ1) is 13.4. The van der Waals surface area contributed by atoms with E-state index in [4.69, 9.17) is 4.74 Å². The number of carbonyl (C=O) groups excluding carboxylic acids is 1. The first-order valence-electron chi connectivity index (χ1n) is 8.57. The minimum atomic E-state index is -3.30. The molecule has 0 aliphatic heterocycles. The van der Waals surface area contributed by atoms with Crippen LogP contribution in [0, 0.1) is 0 Å². The van der Waals surface area contributed by atoms with E-state index in [2.05, 4.69) is 10.6 Å². The smallest absolute Gasteiger partial charge is 0.243 e. The molecule has 2 N–H and O–H groups in total. The van der Waals surface area contributed by atoms with Gasteiger partial charge in [0.1, 0.15) is 11.5 Å². The predicted molar refractivity (Wildman–Crippen MR) is 110 cm³/mol. The summed E-state index contributed by atoms with van der Waals surface area (Å²) >= 11 is 0. The molecule has 3 aromatic rings. The Morgan fingerprint density at radius 2 is 1.54 bits per heavy atom. The molecule has 7 heteroatoms. The van der Waals surface area contributed by atoms with Gasteiger partial charge in [-0.2, -0.15) is 0 Å². The number of hydrogen-bond donors (Lipinski definition) is 2. The third-order valence-corrected chi connectivity index (χ3v) is 4.92. The maximum absolute atomic E-state index is 12.2. The number of sulfone groups is 1. The van der Waals surface area contributed by atoms with E-state index in [-0.39, 0.29) is 17.3 Å². The summed E-state index contributed by atoms with van der Waals surface area (Å²) in [7, 11) is -3.30. The van der Waals surface area contributed by atoms with Crippen LogP contribution in [-0.4, -0.2) is 27.1 Å². The summed E-state index contributed by atoms with van der Waals surface area (Å²) in [6.07, 6.45) is 1.14. The third-order valence-electron chi connectivity index (χ3n) is 3.81. The van der Waals surface area contributed by atoms with Crippen molar-refractivity contribution in [1.29, 1.82) is 0 Å². The average Bonchev–Trinajstić information content (AvgIpc) is 2.67. The van der Waals surface area contributed by atoms with Gasteiger partial charge < -0.3 is 15.4 Å². The number of para-hydroxylation sites is 1. The molecule has 1 amide bonds. The van der Waals surface area contributed by atoms with Crippen LogP contribution in [0.3, 0.4) is 0 Å². The number of anilines is 2. The van der Waals surface area contributed by atoms with Gasteiger partial charge in [0.2, 0.25) is 5.91 Å². The number of amides is 1. The summed E-state index contributed by atoms with van der Waals surface area (Å²) in [6, 6.07) is 22.8. The lowest BCUT2D eigenvalue weighted by atomic mass is 10.3. The molecule has 0 radical (unpaired) electrons. The second kappa shape index (κ2) is 8.58. The lowest BCUT2D eigenvalue weighted by molar-refractivity contribution is -0.114. The van der Waals surface area contributed by atoms with Crippen molar-refractivity contribution in [2.75, 3.05) is 23.4 Å². The minimum absolute atomic E-state index is 0.00299. The van der Waals surface area contributed by atoms with Crippen LogP contribution in [-0.2, 0) is 14.6 Å². The molecular weight excluding hydrogens is 376 g/mol. The van der Waals surface area contributed by atoms with Gasteiger partial charge in [-0.25, -0.2) is 8.42 Å². The number of ether oxygens (including phenoxy) is 1. The molecule has 0 atom stereocenters. The molecule has 6 nitrogen and oxygen atoms in total. The highest BCUT2D eigenvalue weighted by Crippen LogP contribution is 2.23. The fraction of sp³-hybridized carbons (Fsp3) is 0.0952. The van der Waals surface area contributed by atoms with Crippen molar-refractivity contribution in [3.63, 3.8) is 0 Å². The van der Waals surface area contributed by atoms with Crippen molar-refractivity contribution in [3.05, 3.63) is 78.9 Å². The molecule has 0 bridgehead atoms. The Morgan fingerprint density at radius 3 is 2.29 bits per heavy atom. The molecular formula is C21H20N2O4S. The first-order valence-corrected chi connectivity index (χ1v) is 10.5. The Bertz CT molecular complexity index is 1070. The van der Waals surface area contributed by atoms with Gasteiger partial charge in [-0.3, -0.25) is 4.79 Å². The Morgan fingerprint density at radius 1 is 0.857 bits per heavy atom. The molecule has 0 saturated heterocycles. The van der Waals surface area contributed by atoms with Gasteiger partial charge in [0, 0.05) is 23.7 Å². The van der Waals surface area contributed by atoms with Gasteiger partial charge in [0.25, 0.3) is 0 Å². The zero-order valence-electron chi connectivity index (χ0n) is 15.3. The number of carbonyl (C=O) groups is 1. The lowest BCUT2D eigenvalue weighted by Crippen LogP contribution is -2.21. The van der Waals surface area contributed by atoms with Crippen LogP contribution in [0.4, 0.5) is 11.4 Å². The van der Waals surface area contributed by atoms with Crippen LogP contribution < -0.4 is 15.4 Å². The van der Waals surface area contributed by atoms with E-state index in [1.165, 1.54) is 12.1 Å². The molecule has 0 heterocycles. The molecule has 3 rings (SSSR count). The normalized spacial score (nSPS) is 10.9. The van der Waals surface area contributed by atoms with Crippen LogP contribution in [0.25, 0.3) is 0 Å². The highest BCUT2D eigenvalue weighted by atomic mass is 32.2. The van der Waals surface area contributed by atoms with Gasteiger partial charge in [-0.05, 0) is 42.5 Å². The average molecular weight is 396 g/mol. The van der Waals surface area contributed by atoms with Gasteiger partial charge in [0.15, 0.2) is 9.84 Å². The van der Waals surface area contributed by atoms with E-state index in [0.717, 1.165) is 6.26 Å². The zero-order valence-corrected chi connectivity index (χ0v) is 16.1. The number of benzene rings is 3. The maximum atomic E-state index is 12.2. The van der Waals surface area contributed by atoms with Gasteiger partial charge in [0.05, 0.1) is 11.4 Å². The first kappa shape index (κ1) is 19.4. The van der Waals surface area contributed by atoms with Crippen LogP contribution in [0.15, 0.2) is 83.8 Å². The van der Waals surface area contributed by atoms with E-state index in [9.17, 15) is 13.2 Å². The molecule has 28 heavy (non-hydrogen) atoms. The fourth-order valence-corrected chi connectivity index (χ4v) is 3.15. The zero-order chi connectivity index (χ0) is 20.0. The fourth-order valence-electron chi connectivity index (χ4n) is 2.49. The summed E-state index contributed by atoms with van der Waals surface area (Å²) in [4.78, 5) is 12.4. The standard InChI is InChI=1S/C21H20N2O4S/c1-28(25,26)20-12-6-7-16(14-20)22-15-21(24)23-17-8-5-11-19(13-17)27-18-9-3-2-4-10-18/h2-14,22H,15H2,1H3,(H,23,24). The van der Waals surface area contributed by atoms with Crippen LogP contribution in [0.2, 0.25) is 0 Å². The molecule has 144 valence electrons. The molecule has 0 spiro atoms. The third kappa shape index (κ3) is 5.59. The monoisotopic (exact) mass is 396 g/mol. The second-order valence-corrected chi connectivity index (χ2v) is 8.16. The van der Waals surface area contributed by atoms with Crippen LogP contribution in [0.5, 0.6) is 11.5 Å². The highest BCUT2D eigenvalue weighted by Gasteiger charge is 2.08. The molecule has 3 aromatic carbocycles. The molecule has 0 saturated carbocycles. The van der Waals surface area contributed by atoms with Crippen molar-refractivity contribution in [2.24, 2.45) is 0 Å². The van der Waals surface area contributed by atoms with E-state index < -0.39 is 9.84 Å². The predicted octanol–water partition coefficient (Wildman–Crippen LogP) is 3.93. The van der Waals surface area contributed by atoms with E-state index >= 15 is 0 Å². The molecule has 0 fully saturated rings. The summed E-state index contributed by atoms with van der Waals surface area (Å²) in [5, 5.41) is 5.71. The maximum Gasteiger partial charge on any atom is 0.243 e. The Kier molecular flexibility index (Phi) is 5.96. The number of nitrogens with one attached hydrogen (secondary N) is 2. The topological polar surface area (TPSA) is 84.5 Å². The Hall–Kier alpha value is -3.32. The van der Waals surface area contributed by atoms with Crippen LogP contribution in [0.1, 0.15) is 0 Å². The SMILES string of the molecule is CS(=O)(=O)c1cccc(NCC(=O)Nc2cccc(Oc3ccccc3)c2)c1. The Labute approximate surface area is 164 Å². The molecule has 0 unspecified atom stereocenters. The summed E-state index contributed by atoms with van der Waals surface area (Å²) in [5.41, 5.74) is 1.16. The largest absolute Gasteiger partial charge is 0.457 e. The summed E-state index contributed by atoms with van der Waals surface area (Å²) in [6.45, 7) is -0.00299. The second-order valence-electron chi connectivity index (χ2n) is 6.14. The lowest BCUT2D eigenvalue weighted by Gasteiger charge is -2.10. The molecule has 0 aliphatic carbocycles. The van der Waals surface area contributed by atoms with Gasteiger partial charge >= 0.3 is 0 Å². The minimum Gasteiger partial charge on any atom is -0.457 e. The van der Waals surface area contributed by atoms with Crippen molar-refractivity contribution < 1.29 is 17.9 Å². The van der Waals surface area contributed by atoms with E-state index in [1.807, 2.05) is 30.3 Å². The molecule has 0 aliphatic rings. The Balaban J connectivity index is 1.59. The van der Waals surface area contributed by atoms with Crippen molar-refractivity contribution in [2.45, 2.75) is 4.90 Å². The van der Waals surface area contributed by atoms with E-state index in [1.54, 1.807) is 36.4 Å². The van der Waals surface area contributed by atoms with Crippen molar-refractivity contribution >= 4 is 27.1 Å². The number of rotatable bonds is 7. The highest BCUT2D eigenvalue weighted by molar-refractivity contribution is 7.90. The summed E-state index contributed by atoms with van der Waals surface area (Å²) in [5.74, 6) is 1.05. The van der Waals surface area contributed by atoms with E-state index in [0.29, 0.717) is 22.9 Å². The molecule has 0 aromatic heterocycles. The van der Waals surface area contributed by atoms with Crippen molar-refractivity contribution in [3.8, 4) is 11.5 Å². The van der Waals surface area contributed by atoms with Crippen LogP contribution >= 0.6 is 0 Å². The quantitative estimate of drug-likeness (QED) is 0.632. The van der Waals surface area contributed by atoms with Gasteiger partial charge in [-0.15, -0.1) is 0 Å². The van der Waals surface area contributed by atoms with Crippen molar-refractivity contribution in [1.82, 2.24) is 0 Å². The summed E-state index contributed by atoms with van der Waals surface area (Å²) < 4.78 is 29.0. The van der Waals surface area contributed by atoms with Gasteiger partial charge in [-0.1, -0.05) is 30.3 Å². The number of hydrogen-bond acceptors (Lipinski definition) is 5.